The molecule has 0 amide bonds. The highest BCUT2D eigenvalue weighted by molar-refractivity contribution is 5.82. The van der Waals surface area contributed by atoms with Crippen LogP contribution in [0.15, 0.2) is 11.6 Å². The monoisotopic (exact) mass is 544 g/mol. The van der Waals surface area contributed by atoms with Gasteiger partial charge in [0.15, 0.2) is 0 Å². The summed E-state index contributed by atoms with van der Waals surface area (Å²) in [6.07, 6.45) is 14.3. The van der Waals surface area contributed by atoms with E-state index in [1.54, 1.807) is 0 Å². The van der Waals surface area contributed by atoms with Crippen molar-refractivity contribution in [2.24, 2.45) is 52.3 Å². The first-order chi connectivity index (χ1) is 18.3. The predicted octanol–water partition coefficient (Wildman–Crippen LogP) is 7.51. The van der Waals surface area contributed by atoms with Crippen molar-refractivity contribution in [3.05, 3.63) is 11.6 Å². The molecule has 4 aliphatic carbocycles. The van der Waals surface area contributed by atoms with E-state index in [1.807, 2.05) is 0 Å². The van der Waals surface area contributed by atoms with Crippen molar-refractivity contribution in [3.63, 3.8) is 0 Å². The summed E-state index contributed by atoms with van der Waals surface area (Å²) in [5.41, 5.74) is 2.04. The molecule has 4 aliphatic rings. The van der Waals surface area contributed by atoms with Gasteiger partial charge in [0.2, 0.25) is 0 Å². The summed E-state index contributed by atoms with van der Waals surface area (Å²) >= 11 is 0. The van der Waals surface area contributed by atoms with Crippen molar-refractivity contribution < 1.29 is 29.3 Å². The lowest BCUT2D eigenvalue weighted by Gasteiger charge is -2.58. The summed E-state index contributed by atoms with van der Waals surface area (Å²) in [7, 11) is 0. The van der Waals surface area contributed by atoms with Gasteiger partial charge in [0, 0.05) is 6.42 Å². The van der Waals surface area contributed by atoms with Crippen LogP contribution in [0.2, 0.25) is 0 Å². The normalized spacial score (nSPS) is 37.2. The van der Waals surface area contributed by atoms with E-state index in [1.165, 1.54) is 50.5 Å². The van der Waals surface area contributed by atoms with Gasteiger partial charge in [0.05, 0.1) is 18.8 Å². The van der Waals surface area contributed by atoms with E-state index in [0.29, 0.717) is 11.3 Å². The Labute approximate surface area is 235 Å². The molecule has 0 heterocycles. The van der Waals surface area contributed by atoms with Crippen molar-refractivity contribution >= 4 is 17.9 Å². The minimum atomic E-state index is -1.27. The van der Waals surface area contributed by atoms with Crippen LogP contribution in [0.5, 0.6) is 0 Å². The lowest BCUT2D eigenvalue weighted by molar-refractivity contribution is -0.158. The second kappa shape index (κ2) is 11.9. The van der Waals surface area contributed by atoms with Crippen LogP contribution < -0.4 is 0 Å². The number of rotatable bonds is 11. The smallest absolute Gasteiger partial charge is 0.307 e. The SMILES string of the molecule is CC(C)CCCC(C)[C@H]1CCC2C3CC=C4C[C@@H](OC(=O)CC(CC(=O)O)C(=O)O)CC[C@]4(C)C3CC[C@@]21C. The molecule has 0 aliphatic heterocycles. The van der Waals surface area contributed by atoms with Gasteiger partial charge in [-0.15, -0.1) is 0 Å². The minimum absolute atomic E-state index is 0.154. The highest BCUT2D eigenvalue weighted by Crippen LogP contribution is 2.67. The molecule has 6 nitrogen and oxygen atoms in total. The zero-order valence-electron chi connectivity index (χ0n) is 24.9. The molecule has 220 valence electrons. The Morgan fingerprint density at radius 1 is 0.974 bits per heavy atom. The molecule has 6 heteroatoms. The molecule has 0 bridgehead atoms. The number of carboxylic acid groups (broad SMARTS) is 2. The van der Waals surface area contributed by atoms with E-state index in [2.05, 4.69) is 40.7 Å². The van der Waals surface area contributed by atoms with Crippen molar-refractivity contribution in [1.29, 1.82) is 0 Å². The van der Waals surface area contributed by atoms with Gasteiger partial charge in [-0.25, -0.2) is 0 Å². The van der Waals surface area contributed by atoms with E-state index in [9.17, 15) is 19.5 Å². The molecule has 9 atom stereocenters. The average molecular weight is 545 g/mol. The lowest BCUT2D eigenvalue weighted by Crippen LogP contribution is -2.51. The third kappa shape index (κ3) is 6.25. The third-order valence-corrected chi connectivity index (χ3v) is 11.7. The van der Waals surface area contributed by atoms with Gasteiger partial charge < -0.3 is 14.9 Å². The number of carbonyl (C=O) groups is 3. The first kappa shape index (κ1) is 30.1. The molecule has 0 radical (unpaired) electrons. The van der Waals surface area contributed by atoms with Gasteiger partial charge in [-0.05, 0) is 91.3 Å². The maximum absolute atomic E-state index is 12.5. The van der Waals surface area contributed by atoms with Crippen molar-refractivity contribution in [3.8, 4) is 0 Å². The van der Waals surface area contributed by atoms with E-state index in [-0.39, 0.29) is 11.5 Å². The summed E-state index contributed by atoms with van der Waals surface area (Å²) in [5.74, 6) is 0.357. The Kier molecular flexibility index (Phi) is 9.22. The van der Waals surface area contributed by atoms with Crippen LogP contribution in [0, 0.1) is 52.3 Å². The highest BCUT2D eigenvalue weighted by Gasteiger charge is 2.59. The van der Waals surface area contributed by atoms with Crippen LogP contribution in [-0.4, -0.2) is 34.2 Å². The van der Waals surface area contributed by atoms with Gasteiger partial charge in [0.25, 0.3) is 0 Å². The number of hydrogen-bond donors (Lipinski definition) is 2. The van der Waals surface area contributed by atoms with E-state index < -0.39 is 36.7 Å². The molecule has 3 fully saturated rings. The maximum atomic E-state index is 12.5. The van der Waals surface area contributed by atoms with Gasteiger partial charge in [-0.2, -0.15) is 0 Å². The number of allylic oxidation sites excluding steroid dienone is 1. The molecule has 0 aromatic heterocycles. The van der Waals surface area contributed by atoms with Gasteiger partial charge in [0.1, 0.15) is 6.10 Å². The second-order valence-corrected chi connectivity index (χ2v) is 14.5. The number of fused-ring (bicyclic) bond motifs is 5. The highest BCUT2D eigenvalue weighted by atomic mass is 16.5. The van der Waals surface area contributed by atoms with Gasteiger partial charge in [-0.1, -0.05) is 65.5 Å². The number of esters is 1. The van der Waals surface area contributed by atoms with Gasteiger partial charge in [-0.3, -0.25) is 14.4 Å². The van der Waals surface area contributed by atoms with Crippen molar-refractivity contribution in [2.45, 2.75) is 124 Å². The van der Waals surface area contributed by atoms with Crippen molar-refractivity contribution in [1.82, 2.24) is 0 Å². The summed E-state index contributed by atoms with van der Waals surface area (Å²) < 4.78 is 5.72. The number of hydrogen-bond acceptors (Lipinski definition) is 4. The predicted molar refractivity (Wildman–Crippen MR) is 151 cm³/mol. The zero-order chi connectivity index (χ0) is 28.5. The number of carbonyl (C=O) groups excluding carboxylic acids is 1. The topological polar surface area (TPSA) is 101 Å². The Morgan fingerprint density at radius 2 is 1.72 bits per heavy atom. The molecule has 5 unspecified atom stereocenters. The molecule has 0 aromatic rings. The number of ether oxygens (including phenoxy) is 1. The Morgan fingerprint density at radius 3 is 2.38 bits per heavy atom. The fraction of sp³-hybridized carbons (Fsp3) is 0.848. The van der Waals surface area contributed by atoms with Crippen LogP contribution in [0.4, 0.5) is 0 Å². The molecule has 0 saturated heterocycles. The van der Waals surface area contributed by atoms with Crippen LogP contribution in [0.1, 0.15) is 118 Å². The lowest BCUT2D eigenvalue weighted by atomic mass is 9.47. The summed E-state index contributed by atoms with van der Waals surface area (Å²) in [5, 5.41) is 18.2. The summed E-state index contributed by atoms with van der Waals surface area (Å²) in [4.78, 5) is 34.9. The Balaban J connectivity index is 1.38. The fourth-order valence-corrected chi connectivity index (χ4v) is 9.65. The van der Waals surface area contributed by atoms with E-state index in [0.717, 1.165) is 55.3 Å². The average Bonchev–Trinajstić information content (AvgIpc) is 3.20. The van der Waals surface area contributed by atoms with Gasteiger partial charge >= 0.3 is 17.9 Å². The quantitative estimate of drug-likeness (QED) is 0.206. The summed E-state index contributed by atoms with van der Waals surface area (Å²) in [6, 6.07) is 0. The summed E-state index contributed by atoms with van der Waals surface area (Å²) in [6.45, 7) is 12.3. The van der Waals surface area contributed by atoms with Crippen LogP contribution in [0.25, 0.3) is 0 Å². The molecule has 3 saturated carbocycles. The Bertz CT molecular complexity index is 954. The largest absolute Gasteiger partial charge is 0.481 e. The second-order valence-electron chi connectivity index (χ2n) is 14.5. The maximum Gasteiger partial charge on any atom is 0.307 e. The third-order valence-electron chi connectivity index (χ3n) is 11.7. The fourth-order valence-electron chi connectivity index (χ4n) is 9.65. The van der Waals surface area contributed by atoms with Crippen LogP contribution in [0.3, 0.4) is 0 Å². The van der Waals surface area contributed by atoms with E-state index in [4.69, 9.17) is 9.84 Å². The molecular formula is C33H52O6. The molecule has 0 spiro atoms. The zero-order valence-corrected chi connectivity index (χ0v) is 24.9. The van der Waals surface area contributed by atoms with E-state index >= 15 is 0 Å². The molecule has 39 heavy (non-hydrogen) atoms. The molecular weight excluding hydrogens is 492 g/mol. The first-order valence-electron chi connectivity index (χ1n) is 15.7. The minimum Gasteiger partial charge on any atom is -0.481 e. The number of carboxylic acids is 2. The first-order valence-corrected chi connectivity index (χ1v) is 15.7. The Hall–Kier alpha value is -1.85. The number of aliphatic carboxylic acids is 2. The molecule has 4 rings (SSSR count). The molecule has 2 N–H and O–H groups in total. The van der Waals surface area contributed by atoms with Crippen molar-refractivity contribution in [2.75, 3.05) is 0 Å². The standard InChI is InChI=1S/C33H52O6/c1-20(2)7-6-8-21(3)26-11-12-27-25-10-9-23-19-24(39-30(36)18-22(31(37)38)17-29(34)35)13-15-32(23,4)28(25)14-16-33(26,27)5/h9,20-22,24-28H,6-8,10-19H2,1-5H3,(H,34,35)(H,37,38)/t21?,22?,24-,25?,26+,27?,28?,32-,33+/m0/s1. The molecule has 0 aromatic carbocycles. The van der Waals surface area contributed by atoms with Crippen LogP contribution >= 0.6 is 0 Å². The van der Waals surface area contributed by atoms with Crippen LogP contribution in [-0.2, 0) is 19.1 Å².